The van der Waals surface area contributed by atoms with Gasteiger partial charge in [-0.15, -0.1) is 0 Å². The van der Waals surface area contributed by atoms with Gasteiger partial charge in [-0.2, -0.15) is 0 Å². The van der Waals surface area contributed by atoms with Crippen molar-refractivity contribution in [3.05, 3.63) is 53.1 Å². The number of carbonyl (C=O) groups is 4. The second-order valence-corrected chi connectivity index (χ2v) is 7.35. The maximum Gasteiger partial charge on any atom is 0.264 e. The van der Waals surface area contributed by atoms with Crippen molar-refractivity contribution in [3.63, 3.8) is 0 Å². The lowest BCUT2D eigenvalue weighted by atomic mass is 9.98. The van der Waals surface area contributed by atoms with Crippen molar-refractivity contribution in [1.29, 1.82) is 0 Å². The molecule has 0 fully saturated rings. The molecule has 0 bridgehead atoms. The van der Waals surface area contributed by atoms with Crippen molar-refractivity contribution in [2.45, 2.75) is 39.7 Å². The third-order valence-electron chi connectivity index (χ3n) is 5.26. The minimum absolute atomic E-state index is 0.0324. The standard InChI is InChI=1S/C24H26N2O6/c1-5-16(28)13-19(15-10-11-20(31-4)21(12-15)32-6-2)26-23(29)17-8-7-9-18(25-14(3)27)22(17)24(26)30/h7-12,19H,5-6,13H2,1-4H3,(H,25,27). The smallest absolute Gasteiger partial charge is 0.264 e. The molecule has 0 spiro atoms. The van der Waals surface area contributed by atoms with Crippen LogP contribution in [0.25, 0.3) is 0 Å². The summed E-state index contributed by atoms with van der Waals surface area (Å²) in [7, 11) is 1.52. The summed E-state index contributed by atoms with van der Waals surface area (Å²) in [5.74, 6) is -0.561. The Bertz CT molecular complexity index is 1080. The van der Waals surface area contributed by atoms with E-state index in [2.05, 4.69) is 5.32 Å². The van der Waals surface area contributed by atoms with Crippen molar-refractivity contribution >= 4 is 29.2 Å². The van der Waals surface area contributed by atoms with Gasteiger partial charge in [-0.05, 0) is 36.8 Å². The number of nitrogens with zero attached hydrogens (tertiary/aromatic N) is 1. The lowest BCUT2D eigenvalue weighted by Crippen LogP contribution is -2.35. The predicted molar refractivity (Wildman–Crippen MR) is 118 cm³/mol. The number of amides is 3. The number of nitrogens with one attached hydrogen (secondary N) is 1. The number of fused-ring (bicyclic) bond motifs is 1. The summed E-state index contributed by atoms with van der Waals surface area (Å²) >= 11 is 0. The lowest BCUT2D eigenvalue weighted by molar-refractivity contribution is -0.119. The molecular weight excluding hydrogens is 412 g/mol. The van der Waals surface area contributed by atoms with Crippen LogP contribution in [0.5, 0.6) is 11.5 Å². The second kappa shape index (κ2) is 9.64. The Balaban J connectivity index is 2.10. The Labute approximate surface area is 186 Å². The van der Waals surface area contributed by atoms with Crippen LogP contribution in [0.3, 0.4) is 0 Å². The number of hydrogen-bond acceptors (Lipinski definition) is 6. The Kier molecular flexibility index (Phi) is 6.92. The molecule has 0 aromatic heterocycles. The Morgan fingerprint density at radius 3 is 2.44 bits per heavy atom. The van der Waals surface area contributed by atoms with Crippen molar-refractivity contribution < 1.29 is 28.7 Å². The van der Waals surface area contributed by atoms with Crippen LogP contribution in [0.4, 0.5) is 5.69 Å². The van der Waals surface area contributed by atoms with Gasteiger partial charge >= 0.3 is 0 Å². The van der Waals surface area contributed by atoms with Gasteiger partial charge < -0.3 is 14.8 Å². The Morgan fingerprint density at radius 2 is 1.81 bits per heavy atom. The largest absolute Gasteiger partial charge is 0.493 e. The molecule has 0 saturated heterocycles. The van der Waals surface area contributed by atoms with E-state index >= 15 is 0 Å². The molecule has 2 aromatic carbocycles. The molecule has 8 heteroatoms. The Hall–Kier alpha value is -3.68. The van der Waals surface area contributed by atoms with Crippen LogP contribution in [0.2, 0.25) is 0 Å². The number of benzene rings is 2. The summed E-state index contributed by atoms with van der Waals surface area (Å²) in [6.45, 7) is 5.29. The first-order valence-electron chi connectivity index (χ1n) is 10.4. The normalized spacial score (nSPS) is 13.6. The Morgan fingerprint density at radius 1 is 1.06 bits per heavy atom. The third-order valence-corrected chi connectivity index (χ3v) is 5.26. The van der Waals surface area contributed by atoms with E-state index in [4.69, 9.17) is 9.47 Å². The monoisotopic (exact) mass is 438 g/mol. The zero-order chi connectivity index (χ0) is 23.4. The molecule has 0 saturated carbocycles. The number of hydrogen-bond donors (Lipinski definition) is 1. The van der Waals surface area contributed by atoms with Gasteiger partial charge in [-0.1, -0.05) is 19.1 Å². The fraction of sp³-hybridized carbons (Fsp3) is 0.333. The van der Waals surface area contributed by atoms with Crippen LogP contribution in [0.1, 0.15) is 65.9 Å². The first kappa shape index (κ1) is 23.0. The number of carbonyl (C=O) groups excluding carboxylic acids is 4. The topological polar surface area (TPSA) is 102 Å². The van der Waals surface area contributed by atoms with E-state index < -0.39 is 17.9 Å². The van der Waals surface area contributed by atoms with Crippen molar-refractivity contribution in [1.82, 2.24) is 4.90 Å². The van der Waals surface area contributed by atoms with Crippen molar-refractivity contribution in [2.75, 3.05) is 19.0 Å². The lowest BCUT2D eigenvalue weighted by Gasteiger charge is -2.27. The summed E-state index contributed by atoms with van der Waals surface area (Å²) in [5, 5.41) is 2.61. The molecule has 168 valence electrons. The zero-order valence-corrected chi connectivity index (χ0v) is 18.6. The number of methoxy groups -OCH3 is 1. The van der Waals surface area contributed by atoms with Gasteiger partial charge in [0.1, 0.15) is 5.78 Å². The fourth-order valence-corrected chi connectivity index (χ4v) is 3.77. The fourth-order valence-electron chi connectivity index (χ4n) is 3.77. The first-order chi connectivity index (χ1) is 15.3. The van der Waals surface area contributed by atoms with Gasteiger partial charge in [0, 0.05) is 19.8 Å². The number of imide groups is 1. The highest BCUT2D eigenvalue weighted by Crippen LogP contribution is 2.39. The SMILES string of the molecule is CCOc1cc(C(CC(=O)CC)N2C(=O)c3cccc(NC(C)=O)c3C2=O)ccc1OC. The maximum atomic E-state index is 13.4. The quantitative estimate of drug-likeness (QED) is 0.598. The minimum atomic E-state index is -0.829. The maximum absolute atomic E-state index is 13.4. The van der Waals surface area contributed by atoms with E-state index in [-0.39, 0.29) is 41.3 Å². The molecule has 1 unspecified atom stereocenters. The van der Waals surface area contributed by atoms with Crippen LogP contribution in [-0.4, -0.2) is 42.1 Å². The van der Waals surface area contributed by atoms with Crippen molar-refractivity contribution in [2.24, 2.45) is 0 Å². The number of rotatable bonds is 9. The molecule has 1 aliphatic heterocycles. The van der Waals surface area contributed by atoms with Crippen LogP contribution in [0.15, 0.2) is 36.4 Å². The molecule has 32 heavy (non-hydrogen) atoms. The van der Waals surface area contributed by atoms with Gasteiger partial charge in [-0.3, -0.25) is 24.1 Å². The molecule has 8 nitrogen and oxygen atoms in total. The zero-order valence-electron chi connectivity index (χ0n) is 18.6. The number of anilines is 1. The molecule has 1 atom stereocenters. The van der Waals surface area contributed by atoms with Crippen LogP contribution in [0, 0.1) is 0 Å². The third kappa shape index (κ3) is 4.34. The second-order valence-electron chi connectivity index (χ2n) is 7.35. The highest BCUT2D eigenvalue weighted by atomic mass is 16.5. The van der Waals surface area contributed by atoms with Gasteiger partial charge in [-0.25, -0.2) is 0 Å². The van der Waals surface area contributed by atoms with E-state index in [0.29, 0.717) is 23.7 Å². The van der Waals surface area contributed by atoms with Crippen LogP contribution < -0.4 is 14.8 Å². The summed E-state index contributed by atoms with van der Waals surface area (Å²) in [5.41, 5.74) is 1.15. The molecule has 2 aromatic rings. The molecule has 1 aliphatic rings. The minimum Gasteiger partial charge on any atom is -0.493 e. The summed E-state index contributed by atoms with van der Waals surface area (Å²) in [6, 6.07) is 8.98. The van der Waals surface area contributed by atoms with E-state index in [0.717, 1.165) is 4.90 Å². The molecule has 0 radical (unpaired) electrons. The van der Waals surface area contributed by atoms with Gasteiger partial charge in [0.25, 0.3) is 11.8 Å². The van der Waals surface area contributed by atoms with E-state index in [1.165, 1.54) is 14.0 Å². The van der Waals surface area contributed by atoms with Gasteiger partial charge in [0.05, 0.1) is 36.6 Å². The van der Waals surface area contributed by atoms with Crippen LogP contribution >= 0.6 is 0 Å². The number of ether oxygens (including phenoxy) is 2. The average molecular weight is 438 g/mol. The summed E-state index contributed by atoms with van der Waals surface area (Å²) < 4.78 is 11.0. The summed E-state index contributed by atoms with van der Waals surface area (Å²) in [4.78, 5) is 51.8. The van der Waals surface area contributed by atoms with E-state index in [1.807, 2.05) is 6.92 Å². The molecular formula is C24H26N2O6. The highest BCUT2D eigenvalue weighted by Gasteiger charge is 2.42. The summed E-state index contributed by atoms with van der Waals surface area (Å²) in [6.07, 6.45) is 0.237. The van der Waals surface area contributed by atoms with E-state index in [9.17, 15) is 19.2 Å². The molecule has 3 rings (SSSR count). The highest BCUT2D eigenvalue weighted by molar-refractivity contribution is 6.24. The average Bonchev–Trinajstić information content (AvgIpc) is 3.02. The van der Waals surface area contributed by atoms with Gasteiger partial charge in [0.15, 0.2) is 11.5 Å². The van der Waals surface area contributed by atoms with Gasteiger partial charge in [0.2, 0.25) is 5.91 Å². The first-order valence-corrected chi connectivity index (χ1v) is 10.4. The predicted octanol–water partition coefficient (Wildman–Crippen LogP) is 3.76. The van der Waals surface area contributed by atoms with E-state index in [1.54, 1.807) is 43.3 Å². The number of ketones is 1. The van der Waals surface area contributed by atoms with Crippen molar-refractivity contribution in [3.8, 4) is 11.5 Å². The number of Topliss-reactive ketones (excluding diaryl/α,β-unsaturated/α-hetero) is 1. The molecule has 3 amide bonds. The molecule has 1 N–H and O–H groups in total. The van der Waals surface area contributed by atoms with Crippen LogP contribution in [-0.2, 0) is 9.59 Å². The molecule has 1 heterocycles. The molecule has 0 aliphatic carbocycles.